The summed E-state index contributed by atoms with van der Waals surface area (Å²) < 4.78 is 49.0. The van der Waals surface area contributed by atoms with Gasteiger partial charge in [-0.05, 0) is 90.1 Å². The van der Waals surface area contributed by atoms with E-state index in [1.807, 2.05) is 41.5 Å². The molecule has 0 atom stereocenters. The summed E-state index contributed by atoms with van der Waals surface area (Å²) in [6.07, 6.45) is 0. The van der Waals surface area contributed by atoms with E-state index in [2.05, 4.69) is 29.9 Å². The first-order valence-corrected chi connectivity index (χ1v) is 22.0. The van der Waals surface area contributed by atoms with Crippen molar-refractivity contribution in [2.45, 2.75) is 41.5 Å². The molecule has 4 aromatic carbocycles. The zero-order valence-electron chi connectivity index (χ0n) is 38.6. The molecule has 0 aliphatic heterocycles. The lowest BCUT2D eigenvalue weighted by atomic mass is 10.1. The molecule has 0 fully saturated rings. The van der Waals surface area contributed by atoms with Crippen LogP contribution in [0.25, 0.3) is 45.6 Å². The number of hydrogen-bond acceptors (Lipinski definition) is 19. The van der Waals surface area contributed by atoms with E-state index in [1.165, 1.54) is 24.3 Å². The number of nitrogens with zero attached hydrogens (tertiary/aromatic N) is 6. The molecule has 67 heavy (non-hydrogen) atoms. The fourth-order valence-electron chi connectivity index (χ4n) is 6.04. The number of hydrogen-bond donors (Lipinski definition) is 4. The van der Waals surface area contributed by atoms with E-state index >= 15 is 0 Å². The molecule has 4 N–H and O–H groups in total. The molecule has 2 heterocycles. The summed E-state index contributed by atoms with van der Waals surface area (Å²) in [5, 5.41) is 42.2. The third-order valence-corrected chi connectivity index (χ3v) is 9.01. The van der Waals surface area contributed by atoms with Gasteiger partial charge in [-0.1, -0.05) is 0 Å². The molecule has 19 heteroatoms. The van der Waals surface area contributed by atoms with Crippen LogP contribution in [0.5, 0.6) is 58.0 Å². The summed E-state index contributed by atoms with van der Waals surface area (Å²) in [7, 11) is 0. The molecule has 0 aliphatic carbocycles. The third kappa shape index (κ3) is 15.2. The smallest absolute Gasteiger partial charge is 0.320 e. The summed E-state index contributed by atoms with van der Waals surface area (Å²) >= 11 is 0. The number of aromatic hydroxyl groups is 4. The highest BCUT2D eigenvalue weighted by molar-refractivity contribution is 5.72. The maximum absolute atomic E-state index is 10.6. The Labute approximate surface area is 389 Å². The van der Waals surface area contributed by atoms with E-state index in [1.54, 1.807) is 48.5 Å². The Balaban J connectivity index is 0.000000252. The van der Waals surface area contributed by atoms with E-state index in [0.717, 1.165) is 0 Å². The first-order valence-electron chi connectivity index (χ1n) is 22.0. The highest BCUT2D eigenvalue weighted by Crippen LogP contribution is 2.37. The molecule has 6 aromatic rings. The zero-order chi connectivity index (χ0) is 48.0. The van der Waals surface area contributed by atoms with Gasteiger partial charge in [-0.15, -0.1) is 0 Å². The van der Waals surface area contributed by atoms with Crippen LogP contribution in [0.15, 0.2) is 72.8 Å². The quantitative estimate of drug-likeness (QED) is 0.0402. The van der Waals surface area contributed by atoms with E-state index < -0.39 is 0 Å². The van der Waals surface area contributed by atoms with Gasteiger partial charge in [0.1, 0.15) is 59.2 Å². The average molecular weight is 927 g/mol. The molecule has 0 bridgehead atoms. The fourth-order valence-corrected chi connectivity index (χ4v) is 6.04. The van der Waals surface area contributed by atoms with Crippen molar-refractivity contribution in [2.75, 3.05) is 79.3 Å². The summed E-state index contributed by atoms with van der Waals surface area (Å²) in [6.45, 7) is 16.4. The normalized spacial score (nSPS) is 10.8. The van der Waals surface area contributed by atoms with Crippen molar-refractivity contribution in [2.24, 2.45) is 0 Å². The van der Waals surface area contributed by atoms with Crippen LogP contribution in [0.3, 0.4) is 0 Å². The van der Waals surface area contributed by atoms with Crippen molar-refractivity contribution in [1.29, 1.82) is 0 Å². The molecule has 0 saturated carbocycles. The third-order valence-electron chi connectivity index (χ3n) is 9.01. The van der Waals surface area contributed by atoms with Crippen molar-refractivity contribution in [3.63, 3.8) is 0 Å². The number of rotatable bonds is 25. The van der Waals surface area contributed by atoms with Gasteiger partial charge in [-0.2, -0.15) is 19.9 Å². The van der Waals surface area contributed by atoms with Crippen LogP contribution in [0.1, 0.15) is 41.5 Å². The van der Waals surface area contributed by atoms with Crippen LogP contribution in [0.2, 0.25) is 0 Å². The molecule has 19 nitrogen and oxygen atoms in total. The van der Waals surface area contributed by atoms with Crippen LogP contribution in [0, 0.1) is 0 Å². The Bertz CT molecular complexity index is 2330. The van der Waals surface area contributed by atoms with Gasteiger partial charge in [0.05, 0.1) is 75.1 Å². The van der Waals surface area contributed by atoms with Crippen molar-refractivity contribution in [3.05, 3.63) is 72.8 Å². The van der Waals surface area contributed by atoms with Gasteiger partial charge >= 0.3 is 12.0 Å². The average Bonchev–Trinajstić information content (AvgIpc) is 3.31. The maximum Gasteiger partial charge on any atom is 0.320 e. The zero-order valence-corrected chi connectivity index (χ0v) is 38.6. The monoisotopic (exact) mass is 926 g/mol. The Kier molecular flexibility index (Phi) is 20.2. The minimum absolute atomic E-state index is 0.0278. The lowest BCUT2D eigenvalue weighted by molar-refractivity contribution is 0.0393. The molecule has 0 unspecified atom stereocenters. The van der Waals surface area contributed by atoms with E-state index in [0.29, 0.717) is 111 Å². The first kappa shape index (κ1) is 50.8. The topological polar surface area (TPSA) is 241 Å². The summed E-state index contributed by atoms with van der Waals surface area (Å²) in [6, 6.07) is 19.5. The van der Waals surface area contributed by atoms with Crippen LogP contribution < -0.4 is 28.4 Å². The molecule has 0 radical (unpaired) electrons. The fraction of sp³-hybridized carbons (Fsp3) is 0.375. The Morgan fingerprint density at radius 3 is 0.851 bits per heavy atom. The molecule has 0 aliphatic rings. The second-order valence-corrected chi connectivity index (χ2v) is 13.7. The molecule has 2 aromatic heterocycles. The lowest BCUT2D eigenvalue weighted by Crippen LogP contribution is -2.12. The summed E-state index contributed by atoms with van der Waals surface area (Å²) in [5.74, 6) is 2.61. The molecule has 6 rings (SSSR count). The molecule has 0 saturated heterocycles. The second-order valence-electron chi connectivity index (χ2n) is 13.7. The van der Waals surface area contributed by atoms with Crippen LogP contribution in [-0.4, -0.2) is 130 Å². The summed E-state index contributed by atoms with van der Waals surface area (Å²) in [5.41, 5.74) is 1.47. The van der Waals surface area contributed by atoms with Crippen LogP contribution in [0.4, 0.5) is 0 Å². The van der Waals surface area contributed by atoms with Crippen LogP contribution in [-0.2, 0) is 14.2 Å². The largest absolute Gasteiger partial charge is 0.507 e. The van der Waals surface area contributed by atoms with Crippen molar-refractivity contribution in [3.8, 4) is 104 Å². The molecule has 0 amide bonds. The van der Waals surface area contributed by atoms with Crippen molar-refractivity contribution in [1.82, 2.24) is 29.9 Å². The minimum atomic E-state index is -0.0609. The van der Waals surface area contributed by atoms with Gasteiger partial charge in [0.2, 0.25) is 0 Å². The maximum atomic E-state index is 10.6. The Morgan fingerprint density at radius 2 is 0.582 bits per heavy atom. The SMILES string of the molecule is CCOCCOCCOc1nc(-c2ccc(OCC)cc2O)nc(-c2ccc(OCC)cc2O)n1.CCOCCOc1nc(-c2ccc(OCC)cc2O)nc(-c2ccc(OCC)cc2O)n1. The summed E-state index contributed by atoms with van der Waals surface area (Å²) in [4.78, 5) is 26.3. The number of phenols is 4. The molecular weight excluding hydrogens is 869 g/mol. The highest BCUT2D eigenvalue weighted by Gasteiger charge is 2.19. The second kappa shape index (κ2) is 26.7. The van der Waals surface area contributed by atoms with Gasteiger partial charge in [0.25, 0.3) is 0 Å². The van der Waals surface area contributed by atoms with Crippen molar-refractivity contribution < 1.29 is 63.1 Å². The number of ether oxygens (including phenoxy) is 9. The van der Waals surface area contributed by atoms with E-state index in [4.69, 9.17) is 42.6 Å². The molecule has 358 valence electrons. The Hall–Kier alpha value is -7.22. The van der Waals surface area contributed by atoms with E-state index in [9.17, 15) is 20.4 Å². The van der Waals surface area contributed by atoms with Crippen molar-refractivity contribution >= 4 is 0 Å². The predicted molar refractivity (Wildman–Crippen MR) is 248 cm³/mol. The van der Waals surface area contributed by atoms with Gasteiger partial charge < -0.3 is 63.1 Å². The molecule has 0 spiro atoms. The lowest BCUT2D eigenvalue weighted by Gasteiger charge is -2.12. The van der Waals surface area contributed by atoms with Crippen LogP contribution >= 0.6 is 0 Å². The number of benzene rings is 4. The molecular formula is C48H58N6O13. The predicted octanol–water partition coefficient (Wildman–Crippen LogP) is 7.68. The Morgan fingerprint density at radius 1 is 0.313 bits per heavy atom. The van der Waals surface area contributed by atoms with Gasteiger partial charge in [-0.25, -0.2) is 9.97 Å². The van der Waals surface area contributed by atoms with Gasteiger partial charge in [0.15, 0.2) is 23.3 Å². The van der Waals surface area contributed by atoms with Gasteiger partial charge in [-0.3, -0.25) is 0 Å². The number of phenolic OH excluding ortho intramolecular Hbond substituents is 4. The van der Waals surface area contributed by atoms with E-state index in [-0.39, 0.29) is 71.5 Å². The van der Waals surface area contributed by atoms with Gasteiger partial charge in [0, 0.05) is 37.5 Å². The standard InChI is InChI=1S/C25H31N3O7.C23H27N3O6/c1-4-31-11-12-32-13-14-35-25-27-23(19-9-7-17(33-5-2)15-21(19)29)26-24(28-25)20-10-8-18(34-6-3)16-22(20)30;1-4-29-11-12-32-23-25-21(17-9-7-15(30-5-2)13-19(17)27)24-22(26-23)18-10-8-16(31-6-3)14-20(18)28/h7-10,15-16,29-30H,4-6,11-14H2,1-3H3;7-10,13-14,27-28H,4-6,11-12H2,1-3H3. The highest BCUT2D eigenvalue weighted by atomic mass is 16.6. The number of aromatic nitrogens is 6. The first-order chi connectivity index (χ1) is 32.6. The minimum Gasteiger partial charge on any atom is -0.507 e.